The van der Waals surface area contributed by atoms with E-state index in [1.54, 1.807) is 0 Å². The highest BCUT2D eigenvalue weighted by Crippen LogP contribution is 1.95. The quantitative estimate of drug-likeness (QED) is 0.631. The molecule has 100 valence electrons. The van der Waals surface area contributed by atoms with Gasteiger partial charge in [0.05, 0.1) is 0 Å². The first-order chi connectivity index (χ1) is 8.26. The van der Waals surface area contributed by atoms with E-state index in [4.69, 9.17) is 0 Å². The van der Waals surface area contributed by atoms with E-state index in [0.717, 1.165) is 52.1 Å². The molecule has 0 aromatic heterocycles. The second-order valence-corrected chi connectivity index (χ2v) is 4.51. The standard InChI is InChI=1S/C12H26N4O/c1-3-11(4-2)15-12(17)14-7-10-16-8-5-13-6-9-16/h11,13H,3-10H2,1-2H3,(H2,14,15,17). The minimum absolute atomic E-state index is 0.0335. The maximum absolute atomic E-state index is 11.6. The van der Waals surface area contributed by atoms with E-state index in [-0.39, 0.29) is 6.03 Å². The van der Waals surface area contributed by atoms with Crippen molar-refractivity contribution < 1.29 is 4.79 Å². The molecule has 1 aliphatic heterocycles. The van der Waals surface area contributed by atoms with Crippen molar-refractivity contribution in [1.29, 1.82) is 0 Å². The molecule has 1 rings (SSSR count). The number of carbonyl (C=O) groups is 1. The first-order valence-corrected chi connectivity index (χ1v) is 6.73. The number of urea groups is 1. The van der Waals surface area contributed by atoms with Crippen LogP contribution in [-0.2, 0) is 0 Å². The van der Waals surface area contributed by atoms with Gasteiger partial charge in [0.2, 0.25) is 0 Å². The Bertz CT molecular complexity index is 213. The molecule has 1 saturated heterocycles. The summed E-state index contributed by atoms with van der Waals surface area (Å²) in [6, 6.07) is 0.267. The molecule has 0 unspecified atom stereocenters. The van der Waals surface area contributed by atoms with Gasteiger partial charge in [0.15, 0.2) is 0 Å². The fourth-order valence-electron chi connectivity index (χ4n) is 1.99. The number of hydrogen-bond acceptors (Lipinski definition) is 3. The maximum Gasteiger partial charge on any atom is 0.315 e. The van der Waals surface area contributed by atoms with E-state index in [2.05, 4.69) is 34.7 Å². The van der Waals surface area contributed by atoms with Gasteiger partial charge in [0.25, 0.3) is 0 Å². The van der Waals surface area contributed by atoms with E-state index < -0.39 is 0 Å². The lowest BCUT2D eigenvalue weighted by Crippen LogP contribution is -2.48. The predicted molar refractivity (Wildman–Crippen MR) is 70.2 cm³/mol. The van der Waals surface area contributed by atoms with Crippen LogP contribution in [0.4, 0.5) is 4.79 Å². The van der Waals surface area contributed by atoms with Crippen molar-refractivity contribution >= 4 is 6.03 Å². The fraction of sp³-hybridized carbons (Fsp3) is 0.917. The molecule has 2 amide bonds. The van der Waals surface area contributed by atoms with Crippen LogP contribution in [-0.4, -0.2) is 56.2 Å². The summed E-state index contributed by atoms with van der Waals surface area (Å²) in [5.41, 5.74) is 0. The maximum atomic E-state index is 11.6. The Morgan fingerprint density at radius 1 is 1.29 bits per heavy atom. The second-order valence-electron chi connectivity index (χ2n) is 4.51. The Balaban J connectivity index is 2.06. The summed E-state index contributed by atoms with van der Waals surface area (Å²) in [5.74, 6) is 0. The Labute approximate surface area is 104 Å². The minimum atomic E-state index is -0.0335. The molecular formula is C12H26N4O. The molecule has 0 atom stereocenters. The van der Waals surface area contributed by atoms with Crippen LogP contribution < -0.4 is 16.0 Å². The summed E-state index contributed by atoms with van der Waals surface area (Å²) >= 11 is 0. The highest BCUT2D eigenvalue weighted by Gasteiger charge is 2.10. The van der Waals surface area contributed by atoms with Crippen molar-refractivity contribution in [2.75, 3.05) is 39.3 Å². The third-order valence-corrected chi connectivity index (χ3v) is 3.24. The zero-order chi connectivity index (χ0) is 12.5. The van der Waals surface area contributed by atoms with Gasteiger partial charge < -0.3 is 16.0 Å². The molecule has 0 spiro atoms. The Kier molecular flexibility index (Phi) is 6.96. The Morgan fingerprint density at radius 3 is 2.53 bits per heavy atom. The van der Waals surface area contributed by atoms with Gasteiger partial charge in [-0.2, -0.15) is 0 Å². The molecule has 0 aliphatic carbocycles. The monoisotopic (exact) mass is 242 g/mol. The van der Waals surface area contributed by atoms with Crippen molar-refractivity contribution in [3.63, 3.8) is 0 Å². The third kappa shape index (κ3) is 5.89. The normalized spacial score (nSPS) is 17.1. The van der Waals surface area contributed by atoms with Gasteiger partial charge in [-0.15, -0.1) is 0 Å². The predicted octanol–water partition coefficient (Wildman–Crippen LogP) is 0.379. The molecule has 0 radical (unpaired) electrons. The minimum Gasteiger partial charge on any atom is -0.337 e. The number of amides is 2. The van der Waals surface area contributed by atoms with E-state index >= 15 is 0 Å². The Morgan fingerprint density at radius 2 is 1.94 bits per heavy atom. The van der Waals surface area contributed by atoms with E-state index in [1.165, 1.54) is 0 Å². The van der Waals surface area contributed by atoms with E-state index in [1.807, 2.05) is 0 Å². The molecule has 0 aromatic carbocycles. The summed E-state index contributed by atoms with van der Waals surface area (Å²) in [5, 5.41) is 9.20. The second kappa shape index (κ2) is 8.31. The molecule has 0 aromatic rings. The first kappa shape index (κ1) is 14.3. The molecule has 0 bridgehead atoms. The lowest BCUT2D eigenvalue weighted by Gasteiger charge is -2.27. The van der Waals surface area contributed by atoms with Crippen LogP contribution in [0.25, 0.3) is 0 Å². The van der Waals surface area contributed by atoms with Crippen molar-refractivity contribution in [3.05, 3.63) is 0 Å². The lowest BCUT2D eigenvalue weighted by atomic mass is 10.2. The van der Waals surface area contributed by atoms with Gasteiger partial charge in [-0.05, 0) is 12.8 Å². The molecule has 17 heavy (non-hydrogen) atoms. The number of nitrogens with one attached hydrogen (secondary N) is 3. The average molecular weight is 242 g/mol. The van der Waals surface area contributed by atoms with Crippen molar-refractivity contribution in [3.8, 4) is 0 Å². The average Bonchev–Trinajstić information content (AvgIpc) is 2.37. The molecule has 5 nitrogen and oxygen atoms in total. The molecule has 5 heteroatoms. The van der Waals surface area contributed by atoms with Gasteiger partial charge in [0, 0.05) is 45.3 Å². The number of piperazine rings is 1. The number of hydrogen-bond donors (Lipinski definition) is 3. The van der Waals surface area contributed by atoms with Gasteiger partial charge in [-0.3, -0.25) is 4.90 Å². The number of carbonyl (C=O) groups excluding carboxylic acids is 1. The van der Waals surface area contributed by atoms with E-state index in [0.29, 0.717) is 6.04 Å². The summed E-state index contributed by atoms with van der Waals surface area (Å²) in [6.45, 7) is 10.1. The largest absolute Gasteiger partial charge is 0.337 e. The van der Waals surface area contributed by atoms with E-state index in [9.17, 15) is 4.79 Å². The zero-order valence-corrected chi connectivity index (χ0v) is 11.1. The van der Waals surface area contributed by atoms with Crippen LogP contribution in [0, 0.1) is 0 Å². The highest BCUT2D eigenvalue weighted by atomic mass is 16.2. The Hall–Kier alpha value is -0.810. The zero-order valence-electron chi connectivity index (χ0n) is 11.1. The molecule has 1 aliphatic rings. The van der Waals surface area contributed by atoms with Gasteiger partial charge in [-0.1, -0.05) is 13.8 Å². The summed E-state index contributed by atoms with van der Waals surface area (Å²) in [4.78, 5) is 13.9. The van der Waals surface area contributed by atoms with Crippen LogP contribution >= 0.6 is 0 Å². The fourth-order valence-corrected chi connectivity index (χ4v) is 1.99. The van der Waals surface area contributed by atoms with Crippen molar-refractivity contribution in [1.82, 2.24) is 20.9 Å². The highest BCUT2D eigenvalue weighted by molar-refractivity contribution is 5.74. The number of nitrogens with zero attached hydrogens (tertiary/aromatic N) is 1. The SMILES string of the molecule is CCC(CC)NC(=O)NCCN1CCNCC1. The lowest BCUT2D eigenvalue weighted by molar-refractivity contribution is 0.224. The molecule has 3 N–H and O–H groups in total. The molecule has 0 saturated carbocycles. The topological polar surface area (TPSA) is 56.4 Å². The molecular weight excluding hydrogens is 216 g/mol. The van der Waals surface area contributed by atoms with Gasteiger partial charge in [0.1, 0.15) is 0 Å². The summed E-state index contributed by atoms with van der Waals surface area (Å²) in [6.07, 6.45) is 1.98. The third-order valence-electron chi connectivity index (χ3n) is 3.24. The smallest absolute Gasteiger partial charge is 0.315 e. The van der Waals surface area contributed by atoms with Crippen LogP contribution in [0.1, 0.15) is 26.7 Å². The summed E-state index contributed by atoms with van der Waals surface area (Å²) in [7, 11) is 0. The van der Waals surface area contributed by atoms with Crippen LogP contribution in [0.15, 0.2) is 0 Å². The first-order valence-electron chi connectivity index (χ1n) is 6.73. The van der Waals surface area contributed by atoms with Gasteiger partial charge in [-0.25, -0.2) is 4.79 Å². The number of rotatable bonds is 6. The van der Waals surface area contributed by atoms with Crippen molar-refractivity contribution in [2.45, 2.75) is 32.7 Å². The van der Waals surface area contributed by atoms with Crippen LogP contribution in [0.2, 0.25) is 0 Å². The van der Waals surface area contributed by atoms with Crippen LogP contribution in [0.3, 0.4) is 0 Å². The summed E-state index contributed by atoms with van der Waals surface area (Å²) < 4.78 is 0. The van der Waals surface area contributed by atoms with Crippen molar-refractivity contribution in [2.24, 2.45) is 0 Å². The molecule has 1 fully saturated rings. The molecule has 1 heterocycles. The van der Waals surface area contributed by atoms with Gasteiger partial charge >= 0.3 is 6.03 Å². The van der Waals surface area contributed by atoms with Crippen LogP contribution in [0.5, 0.6) is 0 Å².